The van der Waals surface area contributed by atoms with Gasteiger partial charge in [-0.05, 0) is 23.6 Å². The molecule has 17 heavy (non-hydrogen) atoms. The largest absolute Gasteiger partial charge is 0.467 e. The highest BCUT2D eigenvalue weighted by molar-refractivity contribution is 7.10. The van der Waals surface area contributed by atoms with Gasteiger partial charge in [-0.2, -0.15) is 0 Å². The average molecular weight is 248 g/mol. The number of thiophene rings is 1. The maximum atomic E-state index is 5.62. The highest BCUT2D eigenvalue weighted by atomic mass is 32.1. The fraction of sp³-hybridized carbons (Fsp3) is 0.385. The van der Waals surface area contributed by atoms with Gasteiger partial charge in [-0.15, -0.1) is 11.3 Å². The lowest BCUT2D eigenvalue weighted by Crippen LogP contribution is -2.45. The third-order valence-corrected chi connectivity index (χ3v) is 4.07. The number of nitrogens with zero attached hydrogens (tertiary/aromatic N) is 1. The molecule has 1 aliphatic heterocycles. The molecule has 90 valence electrons. The van der Waals surface area contributed by atoms with E-state index in [4.69, 9.17) is 4.42 Å². The summed E-state index contributed by atoms with van der Waals surface area (Å²) in [4.78, 5) is 3.85. The van der Waals surface area contributed by atoms with Crippen LogP contribution in [0.1, 0.15) is 16.7 Å². The van der Waals surface area contributed by atoms with Crippen LogP contribution in [0.2, 0.25) is 0 Å². The second-order valence-electron chi connectivity index (χ2n) is 4.22. The Bertz CT molecular complexity index is 398. The summed E-state index contributed by atoms with van der Waals surface area (Å²) in [5.41, 5.74) is 0. The molecule has 0 spiro atoms. The number of rotatable bonds is 3. The van der Waals surface area contributed by atoms with Crippen LogP contribution in [0, 0.1) is 0 Å². The lowest BCUT2D eigenvalue weighted by molar-refractivity contribution is 0.182. The Balaban J connectivity index is 1.91. The molecule has 0 unspecified atom stereocenters. The highest BCUT2D eigenvalue weighted by Gasteiger charge is 2.26. The van der Waals surface area contributed by atoms with Crippen molar-refractivity contribution in [2.24, 2.45) is 0 Å². The van der Waals surface area contributed by atoms with Crippen LogP contribution >= 0.6 is 11.3 Å². The molecular weight excluding hydrogens is 232 g/mol. The van der Waals surface area contributed by atoms with E-state index >= 15 is 0 Å². The molecule has 3 rings (SSSR count). The Morgan fingerprint density at radius 2 is 2.12 bits per heavy atom. The molecule has 1 saturated heterocycles. The van der Waals surface area contributed by atoms with Crippen molar-refractivity contribution in [2.75, 3.05) is 26.2 Å². The van der Waals surface area contributed by atoms with Gasteiger partial charge in [-0.3, -0.25) is 4.90 Å². The van der Waals surface area contributed by atoms with E-state index in [0.29, 0.717) is 0 Å². The molecule has 3 nitrogen and oxygen atoms in total. The SMILES string of the molecule is c1coc([C@@H](c2cccs2)N2CCNCC2)c1. The molecule has 0 aliphatic carbocycles. The fourth-order valence-electron chi connectivity index (χ4n) is 2.33. The van der Waals surface area contributed by atoms with Gasteiger partial charge in [-0.1, -0.05) is 6.07 Å². The summed E-state index contributed by atoms with van der Waals surface area (Å²) < 4.78 is 5.62. The summed E-state index contributed by atoms with van der Waals surface area (Å²) in [5, 5.41) is 5.52. The average Bonchev–Trinajstić information content (AvgIpc) is 3.04. The Morgan fingerprint density at radius 3 is 2.76 bits per heavy atom. The predicted molar refractivity (Wildman–Crippen MR) is 69.3 cm³/mol. The lowest BCUT2D eigenvalue weighted by atomic mass is 10.1. The minimum Gasteiger partial charge on any atom is -0.467 e. The summed E-state index contributed by atoms with van der Waals surface area (Å²) in [6.45, 7) is 4.26. The zero-order valence-electron chi connectivity index (χ0n) is 9.63. The zero-order chi connectivity index (χ0) is 11.5. The molecule has 0 saturated carbocycles. The van der Waals surface area contributed by atoms with Gasteiger partial charge in [-0.25, -0.2) is 0 Å². The van der Waals surface area contributed by atoms with Gasteiger partial charge in [0, 0.05) is 31.1 Å². The monoisotopic (exact) mass is 248 g/mol. The molecule has 1 aliphatic rings. The third kappa shape index (κ3) is 2.29. The molecule has 0 radical (unpaired) electrons. The van der Waals surface area contributed by atoms with Crippen LogP contribution in [0.4, 0.5) is 0 Å². The van der Waals surface area contributed by atoms with Gasteiger partial charge in [0.25, 0.3) is 0 Å². The van der Waals surface area contributed by atoms with Gasteiger partial charge in [0.15, 0.2) is 0 Å². The van der Waals surface area contributed by atoms with Crippen molar-refractivity contribution < 1.29 is 4.42 Å². The van der Waals surface area contributed by atoms with E-state index in [0.717, 1.165) is 31.9 Å². The third-order valence-electron chi connectivity index (χ3n) is 3.14. The van der Waals surface area contributed by atoms with Gasteiger partial charge >= 0.3 is 0 Å². The Hall–Kier alpha value is -1.10. The van der Waals surface area contributed by atoms with Crippen molar-refractivity contribution in [1.29, 1.82) is 0 Å². The standard InChI is InChI=1S/C13H16N2OS/c1-3-11(16-9-1)13(12-4-2-10-17-12)15-7-5-14-6-8-15/h1-4,9-10,13-14H,5-8H2/t13-/m0/s1. The van der Waals surface area contributed by atoms with Crippen LogP contribution in [0.15, 0.2) is 40.3 Å². The van der Waals surface area contributed by atoms with Gasteiger partial charge in [0.05, 0.1) is 6.26 Å². The molecule has 2 aromatic heterocycles. The van der Waals surface area contributed by atoms with Crippen LogP contribution < -0.4 is 5.32 Å². The summed E-state index contributed by atoms with van der Waals surface area (Å²) >= 11 is 1.80. The maximum Gasteiger partial charge on any atom is 0.126 e. The summed E-state index contributed by atoms with van der Waals surface area (Å²) in [6.07, 6.45) is 1.76. The van der Waals surface area contributed by atoms with Crippen molar-refractivity contribution >= 4 is 11.3 Å². The van der Waals surface area contributed by atoms with Crippen molar-refractivity contribution in [1.82, 2.24) is 10.2 Å². The molecule has 1 atom stereocenters. The predicted octanol–water partition coefficient (Wildman–Crippen LogP) is 2.34. The van der Waals surface area contributed by atoms with E-state index in [2.05, 4.69) is 33.8 Å². The van der Waals surface area contributed by atoms with Crippen LogP contribution in [0.5, 0.6) is 0 Å². The molecular formula is C13H16N2OS. The Labute approximate surface area is 105 Å². The molecule has 1 fully saturated rings. The summed E-state index contributed by atoms with van der Waals surface area (Å²) in [5.74, 6) is 1.05. The lowest BCUT2D eigenvalue weighted by Gasteiger charge is -2.33. The first-order valence-electron chi connectivity index (χ1n) is 5.97. The molecule has 1 N–H and O–H groups in total. The molecule has 0 bridgehead atoms. The minimum atomic E-state index is 0.284. The minimum absolute atomic E-state index is 0.284. The molecule has 2 aromatic rings. The first kappa shape index (κ1) is 11.0. The maximum absolute atomic E-state index is 5.62. The van der Waals surface area contributed by atoms with Crippen LogP contribution in [-0.4, -0.2) is 31.1 Å². The van der Waals surface area contributed by atoms with E-state index in [-0.39, 0.29) is 6.04 Å². The molecule has 3 heterocycles. The van der Waals surface area contributed by atoms with Crippen LogP contribution in [0.25, 0.3) is 0 Å². The Morgan fingerprint density at radius 1 is 1.24 bits per heavy atom. The van der Waals surface area contributed by atoms with E-state index in [9.17, 15) is 0 Å². The number of hydrogen-bond acceptors (Lipinski definition) is 4. The summed E-state index contributed by atoms with van der Waals surface area (Å²) in [6, 6.07) is 8.63. The van der Waals surface area contributed by atoms with Crippen molar-refractivity contribution in [2.45, 2.75) is 6.04 Å². The van der Waals surface area contributed by atoms with Crippen molar-refractivity contribution in [3.8, 4) is 0 Å². The number of hydrogen-bond donors (Lipinski definition) is 1. The summed E-state index contributed by atoms with van der Waals surface area (Å²) in [7, 11) is 0. The normalized spacial score (nSPS) is 19.3. The van der Waals surface area contributed by atoms with Crippen LogP contribution in [-0.2, 0) is 0 Å². The first-order chi connectivity index (χ1) is 8.45. The molecule has 0 amide bonds. The fourth-order valence-corrected chi connectivity index (χ4v) is 3.20. The highest BCUT2D eigenvalue weighted by Crippen LogP contribution is 2.32. The quantitative estimate of drug-likeness (QED) is 0.903. The number of furan rings is 1. The van der Waals surface area contributed by atoms with Gasteiger partial charge in [0.2, 0.25) is 0 Å². The first-order valence-corrected chi connectivity index (χ1v) is 6.85. The molecule has 4 heteroatoms. The zero-order valence-corrected chi connectivity index (χ0v) is 10.5. The topological polar surface area (TPSA) is 28.4 Å². The van der Waals surface area contributed by atoms with Gasteiger partial charge < -0.3 is 9.73 Å². The Kier molecular flexibility index (Phi) is 3.27. The number of nitrogens with one attached hydrogen (secondary N) is 1. The smallest absolute Gasteiger partial charge is 0.126 e. The van der Waals surface area contributed by atoms with Crippen molar-refractivity contribution in [3.63, 3.8) is 0 Å². The molecule has 0 aromatic carbocycles. The van der Waals surface area contributed by atoms with E-state index in [1.165, 1.54) is 4.88 Å². The van der Waals surface area contributed by atoms with E-state index in [1.54, 1.807) is 17.6 Å². The van der Waals surface area contributed by atoms with E-state index < -0.39 is 0 Å². The van der Waals surface area contributed by atoms with Crippen LogP contribution in [0.3, 0.4) is 0 Å². The van der Waals surface area contributed by atoms with Gasteiger partial charge in [0.1, 0.15) is 11.8 Å². The van der Waals surface area contributed by atoms with E-state index in [1.807, 2.05) is 6.07 Å². The number of piperazine rings is 1. The van der Waals surface area contributed by atoms with Crippen molar-refractivity contribution in [3.05, 3.63) is 46.5 Å². The second-order valence-corrected chi connectivity index (χ2v) is 5.20. The second kappa shape index (κ2) is 5.04.